The molecule has 15 heavy (non-hydrogen) atoms. The largest absolute Gasteiger partial charge is 0.308 e. The molecule has 0 bridgehead atoms. The molecule has 2 aromatic heterocycles. The standard InChI is InChI=1S/C9H10N4OS/c1-13-6-8(11-12-13)10-9(14)5-7-3-2-4-15-7/h2-4,6H,5H2,1H3,(H,10,14). The maximum atomic E-state index is 11.5. The Labute approximate surface area is 90.7 Å². The Morgan fingerprint density at radius 1 is 1.67 bits per heavy atom. The third-order valence-corrected chi connectivity index (χ3v) is 2.66. The molecule has 5 nitrogen and oxygen atoms in total. The lowest BCUT2D eigenvalue weighted by Gasteiger charge is -1.98. The Balaban J connectivity index is 1.93. The van der Waals surface area contributed by atoms with Crippen molar-refractivity contribution in [2.24, 2.45) is 7.05 Å². The quantitative estimate of drug-likeness (QED) is 0.844. The van der Waals surface area contributed by atoms with Crippen LogP contribution in [0.2, 0.25) is 0 Å². The van der Waals surface area contributed by atoms with Gasteiger partial charge in [-0.05, 0) is 11.4 Å². The van der Waals surface area contributed by atoms with Crippen LogP contribution in [0.5, 0.6) is 0 Å². The van der Waals surface area contributed by atoms with Crippen molar-refractivity contribution in [3.63, 3.8) is 0 Å². The maximum Gasteiger partial charge on any atom is 0.230 e. The molecule has 0 saturated heterocycles. The lowest BCUT2D eigenvalue weighted by Crippen LogP contribution is -2.13. The number of carbonyl (C=O) groups excluding carboxylic acids is 1. The highest BCUT2D eigenvalue weighted by molar-refractivity contribution is 7.10. The number of aryl methyl sites for hydroxylation is 1. The van der Waals surface area contributed by atoms with Gasteiger partial charge in [-0.25, -0.2) is 0 Å². The lowest BCUT2D eigenvalue weighted by atomic mass is 10.3. The monoisotopic (exact) mass is 222 g/mol. The van der Waals surface area contributed by atoms with Gasteiger partial charge in [0.25, 0.3) is 0 Å². The van der Waals surface area contributed by atoms with Crippen molar-refractivity contribution in [2.45, 2.75) is 6.42 Å². The summed E-state index contributed by atoms with van der Waals surface area (Å²) in [6.45, 7) is 0. The first-order chi connectivity index (χ1) is 7.24. The number of thiophene rings is 1. The molecule has 0 unspecified atom stereocenters. The molecule has 0 aliphatic rings. The predicted molar refractivity (Wildman–Crippen MR) is 57.7 cm³/mol. The van der Waals surface area contributed by atoms with Crippen LogP contribution in [0.4, 0.5) is 5.82 Å². The van der Waals surface area contributed by atoms with Gasteiger partial charge >= 0.3 is 0 Å². The van der Waals surface area contributed by atoms with Crippen molar-refractivity contribution in [1.29, 1.82) is 0 Å². The van der Waals surface area contributed by atoms with E-state index in [2.05, 4.69) is 15.6 Å². The highest BCUT2D eigenvalue weighted by atomic mass is 32.1. The highest BCUT2D eigenvalue weighted by Crippen LogP contribution is 2.10. The van der Waals surface area contributed by atoms with Crippen LogP contribution in [0.25, 0.3) is 0 Å². The molecule has 1 N–H and O–H groups in total. The second-order valence-corrected chi connectivity index (χ2v) is 4.11. The van der Waals surface area contributed by atoms with Crippen molar-refractivity contribution in [3.05, 3.63) is 28.6 Å². The van der Waals surface area contributed by atoms with Crippen molar-refractivity contribution in [1.82, 2.24) is 15.0 Å². The summed E-state index contributed by atoms with van der Waals surface area (Å²) in [5.74, 6) is 0.414. The summed E-state index contributed by atoms with van der Waals surface area (Å²) >= 11 is 1.56. The third-order valence-electron chi connectivity index (χ3n) is 1.79. The summed E-state index contributed by atoms with van der Waals surface area (Å²) in [6, 6.07) is 3.86. The normalized spacial score (nSPS) is 10.2. The Morgan fingerprint density at radius 2 is 2.53 bits per heavy atom. The number of hydrogen-bond acceptors (Lipinski definition) is 4. The summed E-state index contributed by atoms with van der Waals surface area (Å²) in [6.07, 6.45) is 2.04. The summed E-state index contributed by atoms with van der Waals surface area (Å²) < 4.78 is 1.54. The number of nitrogens with zero attached hydrogens (tertiary/aromatic N) is 3. The number of amides is 1. The summed E-state index contributed by atoms with van der Waals surface area (Å²) in [4.78, 5) is 12.5. The van der Waals surface area contributed by atoms with Crippen LogP contribution in [0.1, 0.15) is 4.88 Å². The molecule has 2 aromatic rings. The number of nitrogens with one attached hydrogen (secondary N) is 1. The third kappa shape index (κ3) is 2.63. The minimum Gasteiger partial charge on any atom is -0.308 e. The summed E-state index contributed by atoms with van der Waals surface area (Å²) in [5, 5.41) is 12.1. The Kier molecular flexibility index (Phi) is 2.77. The van der Waals surface area contributed by atoms with Gasteiger partial charge in [0.15, 0.2) is 5.82 Å². The molecular weight excluding hydrogens is 212 g/mol. The molecule has 0 fully saturated rings. The van der Waals surface area contributed by atoms with E-state index in [9.17, 15) is 4.79 Å². The zero-order chi connectivity index (χ0) is 10.7. The Bertz CT molecular complexity index is 448. The van der Waals surface area contributed by atoms with Gasteiger partial charge in [0, 0.05) is 11.9 Å². The molecule has 1 amide bonds. The molecule has 0 saturated carbocycles. The van der Waals surface area contributed by atoms with Crippen LogP contribution in [-0.2, 0) is 18.3 Å². The molecule has 6 heteroatoms. The molecule has 0 spiro atoms. The number of carbonyl (C=O) groups is 1. The van der Waals surface area contributed by atoms with Crippen LogP contribution in [0, 0.1) is 0 Å². The number of hydrogen-bond donors (Lipinski definition) is 1. The second-order valence-electron chi connectivity index (χ2n) is 3.08. The summed E-state index contributed by atoms with van der Waals surface area (Å²) in [5.41, 5.74) is 0. The van der Waals surface area contributed by atoms with E-state index in [4.69, 9.17) is 0 Å². The first-order valence-corrected chi connectivity index (χ1v) is 5.30. The van der Waals surface area contributed by atoms with Crippen LogP contribution >= 0.6 is 11.3 Å². The maximum absolute atomic E-state index is 11.5. The zero-order valence-electron chi connectivity index (χ0n) is 8.17. The number of anilines is 1. The Morgan fingerprint density at radius 3 is 3.13 bits per heavy atom. The van der Waals surface area contributed by atoms with E-state index in [1.807, 2.05) is 17.5 Å². The fourth-order valence-corrected chi connectivity index (χ4v) is 1.87. The van der Waals surface area contributed by atoms with Crippen LogP contribution in [0.3, 0.4) is 0 Å². The fraction of sp³-hybridized carbons (Fsp3) is 0.222. The Hall–Kier alpha value is -1.69. The number of rotatable bonds is 3. The van der Waals surface area contributed by atoms with E-state index in [-0.39, 0.29) is 5.91 Å². The molecule has 0 aromatic carbocycles. The molecule has 2 heterocycles. The van der Waals surface area contributed by atoms with Crippen molar-refractivity contribution in [2.75, 3.05) is 5.32 Å². The summed E-state index contributed by atoms with van der Waals surface area (Å²) in [7, 11) is 1.75. The van der Waals surface area contributed by atoms with Gasteiger partial charge < -0.3 is 5.32 Å². The van der Waals surface area contributed by atoms with E-state index in [1.165, 1.54) is 0 Å². The average Bonchev–Trinajstić information content (AvgIpc) is 2.77. The number of aromatic nitrogens is 3. The molecule has 78 valence electrons. The van der Waals surface area contributed by atoms with E-state index in [1.54, 1.807) is 29.3 Å². The van der Waals surface area contributed by atoms with Crippen molar-refractivity contribution >= 4 is 23.1 Å². The van der Waals surface area contributed by atoms with Gasteiger partial charge in [0.2, 0.25) is 5.91 Å². The first-order valence-electron chi connectivity index (χ1n) is 4.42. The van der Waals surface area contributed by atoms with Crippen molar-refractivity contribution < 1.29 is 4.79 Å². The van der Waals surface area contributed by atoms with Crippen LogP contribution < -0.4 is 5.32 Å². The van der Waals surface area contributed by atoms with Gasteiger partial charge in [0.1, 0.15) is 0 Å². The second kappa shape index (κ2) is 4.22. The van der Waals surface area contributed by atoms with E-state index in [0.29, 0.717) is 12.2 Å². The molecular formula is C9H10N4OS. The van der Waals surface area contributed by atoms with E-state index >= 15 is 0 Å². The van der Waals surface area contributed by atoms with E-state index in [0.717, 1.165) is 4.88 Å². The predicted octanol–water partition coefficient (Wildman–Crippen LogP) is 1.06. The highest BCUT2D eigenvalue weighted by Gasteiger charge is 2.06. The van der Waals surface area contributed by atoms with Crippen molar-refractivity contribution in [3.8, 4) is 0 Å². The minimum absolute atomic E-state index is 0.0713. The van der Waals surface area contributed by atoms with Gasteiger partial charge in [-0.15, -0.1) is 16.4 Å². The van der Waals surface area contributed by atoms with Crippen LogP contribution in [-0.4, -0.2) is 20.9 Å². The lowest BCUT2D eigenvalue weighted by molar-refractivity contribution is -0.115. The zero-order valence-corrected chi connectivity index (χ0v) is 8.99. The molecule has 0 radical (unpaired) electrons. The van der Waals surface area contributed by atoms with Gasteiger partial charge in [0.05, 0.1) is 12.6 Å². The molecule has 0 atom stereocenters. The fourth-order valence-electron chi connectivity index (χ4n) is 1.16. The minimum atomic E-state index is -0.0713. The van der Waals surface area contributed by atoms with Crippen LogP contribution in [0.15, 0.2) is 23.7 Å². The van der Waals surface area contributed by atoms with Gasteiger partial charge in [-0.1, -0.05) is 11.3 Å². The molecule has 2 rings (SSSR count). The average molecular weight is 222 g/mol. The smallest absolute Gasteiger partial charge is 0.230 e. The SMILES string of the molecule is Cn1cc(NC(=O)Cc2cccs2)nn1. The topological polar surface area (TPSA) is 59.8 Å². The molecule has 0 aliphatic heterocycles. The van der Waals surface area contributed by atoms with Gasteiger partial charge in [-0.2, -0.15) is 0 Å². The van der Waals surface area contributed by atoms with E-state index < -0.39 is 0 Å². The van der Waals surface area contributed by atoms with Gasteiger partial charge in [-0.3, -0.25) is 9.48 Å². The first kappa shape index (κ1) is 9.85. The molecule has 0 aliphatic carbocycles.